The number of imidazole rings is 1. The van der Waals surface area contributed by atoms with E-state index in [4.69, 9.17) is 0 Å². The molecule has 26 heavy (non-hydrogen) atoms. The van der Waals surface area contributed by atoms with Crippen LogP contribution in [0, 0.1) is 5.21 Å². The molecule has 3 aliphatic rings. The maximum Gasteiger partial charge on any atom is 0.340 e. The van der Waals surface area contributed by atoms with Crippen LogP contribution in [0.2, 0.25) is 0 Å². The fraction of sp³-hybridized carbons (Fsp3) is 0.353. The Bertz CT molecular complexity index is 1060. The second kappa shape index (κ2) is 6.54. The zero-order valence-corrected chi connectivity index (χ0v) is 16.3. The van der Waals surface area contributed by atoms with Crippen molar-refractivity contribution in [3.8, 4) is 0 Å². The molecule has 0 atom stereocenters. The predicted octanol–water partition coefficient (Wildman–Crippen LogP) is 3.18. The molecule has 0 bridgehead atoms. The van der Waals surface area contributed by atoms with Gasteiger partial charge in [0, 0.05) is 28.7 Å². The van der Waals surface area contributed by atoms with Gasteiger partial charge in [-0.1, -0.05) is 0 Å². The third-order valence-electron chi connectivity index (χ3n) is 4.69. The van der Waals surface area contributed by atoms with Gasteiger partial charge in [0.15, 0.2) is 5.52 Å². The Hall–Kier alpha value is -1.58. The fourth-order valence-corrected chi connectivity index (χ4v) is 6.04. The van der Waals surface area contributed by atoms with Gasteiger partial charge in [-0.25, -0.2) is 14.1 Å². The van der Waals surface area contributed by atoms with E-state index in [1.165, 1.54) is 6.20 Å². The molecule has 0 spiro atoms. The fourth-order valence-electron chi connectivity index (χ4n) is 3.44. The SMILES string of the molecule is O=c1n(C2=CSCC2)c2c[n+]([O-])c(C3=CSCC3)nc2n1C1=CSCC1. The summed E-state index contributed by atoms with van der Waals surface area (Å²) in [4.78, 5) is 17.9. The molecule has 2 aromatic rings. The molecule has 3 aliphatic heterocycles. The first-order chi connectivity index (χ1) is 12.7. The number of allylic oxidation sites excluding steroid dienone is 3. The minimum Gasteiger partial charge on any atom is -0.710 e. The highest BCUT2D eigenvalue weighted by Gasteiger charge is 2.29. The van der Waals surface area contributed by atoms with Gasteiger partial charge in [0.1, 0.15) is 6.20 Å². The van der Waals surface area contributed by atoms with Crippen molar-refractivity contribution in [2.24, 2.45) is 0 Å². The van der Waals surface area contributed by atoms with Crippen molar-refractivity contribution < 1.29 is 4.73 Å². The Morgan fingerprint density at radius 3 is 2.23 bits per heavy atom. The van der Waals surface area contributed by atoms with Gasteiger partial charge in [0.05, 0.1) is 5.57 Å². The lowest BCUT2D eigenvalue weighted by molar-refractivity contribution is -0.610. The smallest absolute Gasteiger partial charge is 0.340 e. The van der Waals surface area contributed by atoms with Crippen molar-refractivity contribution in [1.29, 1.82) is 0 Å². The highest BCUT2D eigenvalue weighted by Crippen LogP contribution is 2.32. The lowest BCUT2D eigenvalue weighted by Gasteiger charge is -2.07. The number of thioether (sulfide) groups is 3. The lowest BCUT2D eigenvalue weighted by Crippen LogP contribution is -2.32. The van der Waals surface area contributed by atoms with Crippen LogP contribution in [0.15, 0.2) is 27.2 Å². The summed E-state index contributed by atoms with van der Waals surface area (Å²) >= 11 is 5.10. The molecule has 0 aliphatic carbocycles. The zero-order valence-electron chi connectivity index (χ0n) is 13.9. The molecule has 0 saturated carbocycles. The molecule has 6 nitrogen and oxygen atoms in total. The van der Waals surface area contributed by atoms with Crippen LogP contribution in [0.25, 0.3) is 28.1 Å². The number of fused-ring (bicyclic) bond motifs is 1. The second-order valence-corrected chi connectivity index (χ2v) is 9.21. The van der Waals surface area contributed by atoms with E-state index in [1.807, 2.05) is 16.2 Å². The minimum atomic E-state index is -0.123. The maximum atomic E-state index is 13.3. The summed E-state index contributed by atoms with van der Waals surface area (Å²) in [5.41, 5.74) is 3.91. The Kier molecular flexibility index (Phi) is 4.17. The summed E-state index contributed by atoms with van der Waals surface area (Å²) in [6.07, 6.45) is 4.00. The maximum absolute atomic E-state index is 13.3. The highest BCUT2D eigenvalue weighted by molar-refractivity contribution is 8.03. The first-order valence-electron chi connectivity index (χ1n) is 8.45. The van der Waals surface area contributed by atoms with E-state index in [-0.39, 0.29) is 5.69 Å². The van der Waals surface area contributed by atoms with E-state index in [9.17, 15) is 10.0 Å². The van der Waals surface area contributed by atoms with Crippen LogP contribution < -0.4 is 10.4 Å². The molecule has 0 unspecified atom stereocenters. The average molecular weight is 405 g/mol. The van der Waals surface area contributed by atoms with Gasteiger partial charge in [0.2, 0.25) is 0 Å². The standard InChI is InChI=1S/C17H16N4O2S3/c22-17-20(12-2-5-25-9-12)14-7-19(23)15(11-1-4-24-8-11)18-16(14)21(17)13-3-6-26-10-13/h7-10H,1-6H2. The number of hydrogen-bond acceptors (Lipinski definition) is 6. The predicted molar refractivity (Wildman–Crippen MR) is 111 cm³/mol. The van der Waals surface area contributed by atoms with Crippen molar-refractivity contribution in [3.63, 3.8) is 0 Å². The van der Waals surface area contributed by atoms with Crippen molar-refractivity contribution in [2.45, 2.75) is 19.3 Å². The van der Waals surface area contributed by atoms with Crippen molar-refractivity contribution >= 4 is 63.4 Å². The Labute approximate surface area is 162 Å². The van der Waals surface area contributed by atoms with E-state index in [2.05, 4.69) is 4.98 Å². The molecular formula is C17H16N4O2S3. The quantitative estimate of drug-likeness (QED) is 0.578. The zero-order chi connectivity index (χ0) is 17.7. The van der Waals surface area contributed by atoms with Gasteiger partial charge in [-0.05, 0) is 40.5 Å². The third kappa shape index (κ3) is 2.56. The number of aromatic nitrogens is 4. The van der Waals surface area contributed by atoms with Crippen LogP contribution in [0.1, 0.15) is 25.1 Å². The molecule has 0 fully saturated rings. The molecule has 2 aromatic heterocycles. The van der Waals surface area contributed by atoms with E-state index >= 15 is 0 Å². The topological polar surface area (TPSA) is 66.8 Å². The van der Waals surface area contributed by atoms with Crippen LogP contribution in [-0.4, -0.2) is 31.4 Å². The van der Waals surface area contributed by atoms with Crippen LogP contribution in [0.3, 0.4) is 0 Å². The Morgan fingerprint density at radius 1 is 0.962 bits per heavy atom. The third-order valence-corrected chi connectivity index (χ3v) is 7.34. The van der Waals surface area contributed by atoms with E-state index in [0.29, 0.717) is 17.0 Å². The average Bonchev–Trinajstić information content (AvgIpc) is 3.41. The molecule has 5 rings (SSSR count). The van der Waals surface area contributed by atoms with Crippen LogP contribution in [-0.2, 0) is 0 Å². The van der Waals surface area contributed by atoms with Gasteiger partial charge in [-0.15, -0.1) is 35.3 Å². The highest BCUT2D eigenvalue weighted by atomic mass is 32.2. The molecule has 134 valence electrons. The van der Waals surface area contributed by atoms with Crippen molar-refractivity contribution in [3.05, 3.63) is 43.9 Å². The summed E-state index contributed by atoms with van der Waals surface area (Å²) in [6.45, 7) is 0. The van der Waals surface area contributed by atoms with Crippen molar-refractivity contribution in [2.75, 3.05) is 17.3 Å². The molecule has 0 radical (unpaired) electrons. The molecule has 0 saturated heterocycles. The molecule has 9 heteroatoms. The monoisotopic (exact) mass is 404 g/mol. The number of hydrogen-bond donors (Lipinski definition) is 0. The number of rotatable bonds is 3. The molecule has 5 heterocycles. The normalized spacial score (nSPS) is 19.9. The van der Waals surface area contributed by atoms with E-state index in [1.54, 1.807) is 44.4 Å². The molecular weight excluding hydrogens is 388 g/mol. The first kappa shape index (κ1) is 16.6. The van der Waals surface area contributed by atoms with Crippen LogP contribution in [0.5, 0.6) is 0 Å². The van der Waals surface area contributed by atoms with Crippen molar-refractivity contribution in [1.82, 2.24) is 14.1 Å². The largest absolute Gasteiger partial charge is 0.710 e. The van der Waals surface area contributed by atoms with Gasteiger partial charge in [-0.2, -0.15) is 0 Å². The molecule has 0 N–H and O–H groups in total. The van der Waals surface area contributed by atoms with E-state index in [0.717, 1.165) is 58.2 Å². The summed E-state index contributed by atoms with van der Waals surface area (Å²) in [7, 11) is 0. The summed E-state index contributed by atoms with van der Waals surface area (Å²) in [5.74, 6) is 3.31. The molecule has 0 amide bonds. The van der Waals surface area contributed by atoms with Crippen LogP contribution >= 0.6 is 35.3 Å². The first-order valence-corrected chi connectivity index (χ1v) is 11.6. The Morgan fingerprint density at radius 2 is 1.62 bits per heavy atom. The van der Waals surface area contributed by atoms with Gasteiger partial charge >= 0.3 is 11.5 Å². The number of nitrogens with zero attached hydrogens (tertiary/aromatic N) is 4. The van der Waals surface area contributed by atoms with Gasteiger partial charge in [-0.3, -0.25) is 4.57 Å². The van der Waals surface area contributed by atoms with Crippen LogP contribution in [0.4, 0.5) is 0 Å². The summed E-state index contributed by atoms with van der Waals surface area (Å²) < 4.78 is 4.19. The van der Waals surface area contributed by atoms with Gasteiger partial charge in [0.25, 0.3) is 5.65 Å². The minimum absolute atomic E-state index is 0.123. The lowest BCUT2D eigenvalue weighted by atomic mass is 10.2. The Balaban J connectivity index is 1.81. The van der Waals surface area contributed by atoms with E-state index < -0.39 is 0 Å². The summed E-state index contributed by atoms with van der Waals surface area (Å²) in [5, 5.41) is 18.7. The van der Waals surface area contributed by atoms with Gasteiger partial charge < -0.3 is 5.21 Å². The molecule has 0 aromatic carbocycles. The summed E-state index contributed by atoms with van der Waals surface area (Å²) in [6, 6.07) is 0. The second-order valence-electron chi connectivity index (χ2n) is 6.28.